The summed E-state index contributed by atoms with van der Waals surface area (Å²) < 4.78 is 10.8. The minimum absolute atomic E-state index is 0.0593. The van der Waals surface area contributed by atoms with Gasteiger partial charge in [-0.1, -0.05) is 30.3 Å². The Morgan fingerprint density at radius 1 is 1.04 bits per heavy atom. The van der Waals surface area contributed by atoms with Crippen molar-refractivity contribution in [1.29, 1.82) is 0 Å². The van der Waals surface area contributed by atoms with E-state index >= 15 is 0 Å². The fraction of sp³-hybridized carbons (Fsp3) is 0.333. The van der Waals surface area contributed by atoms with Gasteiger partial charge in [-0.15, -0.1) is 0 Å². The van der Waals surface area contributed by atoms with Gasteiger partial charge in [-0.05, 0) is 29.8 Å². The molecule has 0 fully saturated rings. The molecule has 0 aromatic heterocycles. The molecule has 6 heteroatoms. The lowest BCUT2D eigenvalue weighted by Crippen LogP contribution is -2.35. The predicted molar refractivity (Wildman–Crippen MR) is 104 cm³/mol. The first-order valence-electron chi connectivity index (χ1n) is 8.82. The van der Waals surface area contributed by atoms with E-state index < -0.39 is 0 Å². The van der Waals surface area contributed by atoms with Crippen molar-refractivity contribution in [3.05, 3.63) is 60.2 Å². The number of amides is 2. The van der Waals surface area contributed by atoms with Crippen LogP contribution in [0.2, 0.25) is 0 Å². The second-order valence-corrected chi connectivity index (χ2v) is 6.21. The summed E-state index contributed by atoms with van der Waals surface area (Å²) in [7, 11) is 3.34. The van der Waals surface area contributed by atoms with Gasteiger partial charge in [0.1, 0.15) is 18.1 Å². The van der Waals surface area contributed by atoms with Crippen LogP contribution in [0.5, 0.6) is 11.5 Å². The Kier molecular flexibility index (Phi) is 7.67. The average molecular weight is 370 g/mol. The molecule has 0 bridgehead atoms. The van der Waals surface area contributed by atoms with E-state index in [4.69, 9.17) is 9.47 Å². The third kappa shape index (κ3) is 6.66. The van der Waals surface area contributed by atoms with Crippen molar-refractivity contribution in [1.82, 2.24) is 10.2 Å². The molecule has 1 atom stereocenters. The monoisotopic (exact) mass is 370 g/mol. The van der Waals surface area contributed by atoms with Crippen LogP contribution in [0.25, 0.3) is 0 Å². The molecule has 2 amide bonds. The van der Waals surface area contributed by atoms with Crippen LogP contribution in [0.3, 0.4) is 0 Å². The normalized spacial score (nSPS) is 11.4. The zero-order chi connectivity index (χ0) is 19.6. The molecule has 0 saturated heterocycles. The van der Waals surface area contributed by atoms with E-state index in [1.807, 2.05) is 54.6 Å². The van der Waals surface area contributed by atoms with Gasteiger partial charge in [0.25, 0.3) is 0 Å². The molecule has 1 N–H and O–H groups in total. The third-order valence-corrected chi connectivity index (χ3v) is 4.14. The average Bonchev–Trinajstić information content (AvgIpc) is 2.68. The van der Waals surface area contributed by atoms with Crippen molar-refractivity contribution >= 4 is 11.8 Å². The lowest BCUT2D eigenvalue weighted by Gasteiger charge is -2.22. The molecular formula is C21H26N2O4. The van der Waals surface area contributed by atoms with Crippen LogP contribution < -0.4 is 14.8 Å². The Labute approximate surface area is 160 Å². The van der Waals surface area contributed by atoms with Crippen molar-refractivity contribution in [3.8, 4) is 11.5 Å². The second-order valence-electron chi connectivity index (χ2n) is 6.21. The number of nitrogens with zero attached hydrogens (tertiary/aromatic N) is 1. The number of hydrogen-bond donors (Lipinski definition) is 1. The molecule has 0 heterocycles. The number of hydrogen-bond acceptors (Lipinski definition) is 4. The number of rotatable bonds is 9. The third-order valence-electron chi connectivity index (χ3n) is 4.14. The minimum Gasteiger partial charge on any atom is -0.497 e. The first kappa shape index (κ1) is 20.3. The first-order chi connectivity index (χ1) is 13.0. The van der Waals surface area contributed by atoms with E-state index in [0.29, 0.717) is 13.2 Å². The lowest BCUT2D eigenvalue weighted by molar-refractivity contribution is -0.131. The maximum atomic E-state index is 12.5. The van der Waals surface area contributed by atoms with Crippen LogP contribution in [0.15, 0.2) is 54.6 Å². The van der Waals surface area contributed by atoms with Crippen molar-refractivity contribution in [2.24, 2.45) is 0 Å². The van der Waals surface area contributed by atoms with Crippen molar-refractivity contribution < 1.29 is 19.1 Å². The number of carbonyl (C=O) groups excluding carboxylic acids is 2. The Morgan fingerprint density at radius 2 is 1.67 bits per heavy atom. The SMILES string of the molecule is COc1ccc(OCCN(C)C(=O)C[C@H](NC(C)=O)c2ccccc2)cc1. The van der Waals surface area contributed by atoms with E-state index in [-0.39, 0.29) is 24.3 Å². The van der Waals surface area contributed by atoms with Gasteiger partial charge in [-0.25, -0.2) is 0 Å². The quantitative estimate of drug-likeness (QED) is 0.737. The second kappa shape index (κ2) is 10.2. The first-order valence-corrected chi connectivity index (χ1v) is 8.82. The highest BCUT2D eigenvalue weighted by molar-refractivity contribution is 5.79. The van der Waals surface area contributed by atoms with E-state index in [9.17, 15) is 9.59 Å². The number of likely N-dealkylation sites (N-methyl/N-ethyl adjacent to an activating group) is 1. The Morgan fingerprint density at radius 3 is 2.26 bits per heavy atom. The lowest BCUT2D eigenvalue weighted by atomic mass is 10.0. The van der Waals surface area contributed by atoms with Crippen LogP contribution in [0, 0.1) is 0 Å². The summed E-state index contributed by atoms with van der Waals surface area (Å²) in [6, 6.07) is 16.4. The molecule has 6 nitrogen and oxygen atoms in total. The fourth-order valence-electron chi connectivity index (χ4n) is 2.61. The molecule has 2 aromatic carbocycles. The van der Waals surface area contributed by atoms with Crippen LogP contribution in [0.4, 0.5) is 0 Å². The standard InChI is InChI=1S/C21H26N2O4/c1-16(24)22-20(17-7-5-4-6-8-17)15-21(25)23(2)13-14-27-19-11-9-18(26-3)10-12-19/h4-12,20H,13-15H2,1-3H3,(H,22,24)/t20-/m0/s1. The Bertz CT molecular complexity index is 732. The zero-order valence-corrected chi connectivity index (χ0v) is 16.0. The summed E-state index contributed by atoms with van der Waals surface area (Å²) in [6.07, 6.45) is 0.197. The Balaban J connectivity index is 1.85. The molecule has 27 heavy (non-hydrogen) atoms. The number of ether oxygens (including phenoxy) is 2. The van der Waals surface area contributed by atoms with Gasteiger partial charge >= 0.3 is 0 Å². The number of nitrogens with one attached hydrogen (secondary N) is 1. The summed E-state index contributed by atoms with van der Waals surface area (Å²) in [5.74, 6) is 1.26. The highest BCUT2D eigenvalue weighted by Gasteiger charge is 2.19. The molecule has 0 aliphatic rings. The van der Waals surface area contributed by atoms with E-state index in [1.54, 1.807) is 19.1 Å². The summed E-state index contributed by atoms with van der Waals surface area (Å²) >= 11 is 0. The molecule has 2 aromatic rings. The minimum atomic E-state index is -0.346. The van der Waals surface area contributed by atoms with Gasteiger partial charge in [0.2, 0.25) is 11.8 Å². The highest BCUT2D eigenvalue weighted by atomic mass is 16.5. The summed E-state index contributed by atoms with van der Waals surface area (Å²) in [4.78, 5) is 25.6. The van der Waals surface area contributed by atoms with Crippen molar-refractivity contribution in [3.63, 3.8) is 0 Å². The smallest absolute Gasteiger partial charge is 0.224 e. The molecule has 2 rings (SSSR count). The molecule has 144 valence electrons. The van der Waals surface area contributed by atoms with Crippen LogP contribution in [-0.2, 0) is 9.59 Å². The van der Waals surface area contributed by atoms with Crippen molar-refractivity contribution in [2.75, 3.05) is 27.3 Å². The summed E-state index contributed by atoms with van der Waals surface area (Å²) in [6.45, 7) is 2.28. The summed E-state index contributed by atoms with van der Waals surface area (Å²) in [5.41, 5.74) is 0.906. The van der Waals surface area contributed by atoms with Crippen molar-refractivity contribution in [2.45, 2.75) is 19.4 Å². The highest BCUT2D eigenvalue weighted by Crippen LogP contribution is 2.18. The molecule has 0 spiro atoms. The van der Waals surface area contributed by atoms with Gasteiger partial charge in [0.15, 0.2) is 0 Å². The van der Waals surface area contributed by atoms with Gasteiger partial charge < -0.3 is 19.7 Å². The number of methoxy groups -OCH3 is 1. The predicted octanol–water partition coefficient (Wildman–Crippen LogP) is 2.80. The van der Waals surface area contributed by atoms with Crippen LogP contribution in [-0.4, -0.2) is 44.0 Å². The number of carbonyl (C=O) groups is 2. The fourth-order valence-corrected chi connectivity index (χ4v) is 2.61. The van der Waals surface area contributed by atoms with Crippen LogP contribution >= 0.6 is 0 Å². The molecular weight excluding hydrogens is 344 g/mol. The van der Waals surface area contributed by atoms with E-state index in [2.05, 4.69) is 5.32 Å². The molecule has 0 radical (unpaired) electrons. The molecule has 0 unspecified atom stereocenters. The molecule has 0 saturated carbocycles. The molecule has 0 aliphatic carbocycles. The van der Waals surface area contributed by atoms with Gasteiger partial charge in [-0.3, -0.25) is 9.59 Å². The zero-order valence-electron chi connectivity index (χ0n) is 16.0. The maximum absolute atomic E-state index is 12.5. The van der Waals surface area contributed by atoms with Gasteiger partial charge in [-0.2, -0.15) is 0 Å². The summed E-state index contributed by atoms with van der Waals surface area (Å²) in [5, 5.41) is 2.85. The topological polar surface area (TPSA) is 67.9 Å². The van der Waals surface area contributed by atoms with Gasteiger partial charge in [0.05, 0.1) is 26.1 Å². The Hall–Kier alpha value is -3.02. The molecule has 0 aliphatic heterocycles. The number of benzene rings is 2. The van der Waals surface area contributed by atoms with E-state index in [1.165, 1.54) is 6.92 Å². The van der Waals surface area contributed by atoms with Crippen LogP contribution in [0.1, 0.15) is 24.9 Å². The van der Waals surface area contributed by atoms with Gasteiger partial charge in [0, 0.05) is 14.0 Å². The maximum Gasteiger partial charge on any atom is 0.224 e. The van der Waals surface area contributed by atoms with E-state index in [0.717, 1.165) is 17.1 Å². The largest absolute Gasteiger partial charge is 0.497 e.